The molecular weight excluding hydrogens is 195 g/mol. The summed E-state index contributed by atoms with van der Waals surface area (Å²) in [6, 6.07) is 6.20. The Kier molecular flexibility index (Phi) is 3.25. The molecule has 1 aromatic rings. The highest BCUT2D eigenvalue weighted by molar-refractivity contribution is 6.32. The Hall–Kier alpha value is -1.09. The summed E-state index contributed by atoms with van der Waals surface area (Å²) < 4.78 is 17.3. The minimum absolute atomic E-state index is 0.210. The molecule has 0 heterocycles. The minimum atomic E-state index is -1.99. The molecule has 0 aliphatic carbocycles. The second kappa shape index (κ2) is 4.23. The van der Waals surface area contributed by atoms with Gasteiger partial charge in [-0.1, -0.05) is 23.7 Å². The molecule has 0 saturated carbocycles. The number of Topliss-reactive ketones (excluding diaryl/α,β-unsaturated/α-hetero) is 1. The molecule has 0 fully saturated rings. The number of ketones is 1. The van der Waals surface area contributed by atoms with Crippen molar-refractivity contribution in [3.8, 4) is 5.75 Å². The Morgan fingerprint density at radius 2 is 2.31 bits per heavy atom. The van der Waals surface area contributed by atoms with Gasteiger partial charge in [0.25, 0.3) is 0 Å². The fourth-order valence-electron chi connectivity index (χ4n) is 0.902. The SMILES string of the molecule is COc1cccc(C(=O)C(F)Cl)c1. The van der Waals surface area contributed by atoms with E-state index in [2.05, 4.69) is 0 Å². The molecule has 0 bridgehead atoms. The highest BCUT2D eigenvalue weighted by Gasteiger charge is 2.15. The molecule has 0 radical (unpaired) electrons. The smallest absolute Gasteiger partial charge is 0.235 e. The summed E-state index contributed by atoms with van der Waals surface area (Å²) >= 11 is 5.00. The first-order chi connectivity index (χ1) is 6.15. The van der Waals surface area contributed by atoms with Gasteiger partial charge in [0.1, 0.15) is 5.75 Å². The molecule has 1 aromatic carbocycles. The molecule has 0 aliphatic heterocycles. The van der Waals surface area contributed by atoms with Crippen molar-refractivity contribution in [1.29, 1.82) is 0 Å². The fourth-order valence-corrected chi connectivity index (χ4v) is 1.03. The van der Waals surface area contributed by atoms with Gasteiger partial charge in [-0.05, 0) is 12.1 Å². The van der Waals surface area contributed by atoms with Crippen molar-refractivity contribution in [1.82, 2.24) is 0 Å². The molecule has 4 heteroatoms. The molecule has 70 valence electrons. The van der Waals surface area contributed by atoms with E-state index in [0.717, 1.165) is 0 Å². The Bertz CT molecular complexity index is 312. The van der Waals surface area contributed by atoms with Crippen LogP contribution in [0.25, 0.3) is 0 Å². The Balaban J connectivity index is 2.95. The molecule has 0 spiro atoms. The van der Waals surface area contributed by atoms with Gasteiger partial charge >= 0.3 is 0 Å². The fraction of sp³-hybridized carbons (Fsp3) is 0.222. The van der Waals surface area contributed by atoms with Gasteiger partial charge < -0.3 is 4.74 Å². The van der Waals surface area contributed by atoms with Crippen LogP contribution >= 0.6 is 11.6 Å². The van der Waals surface area contributed by atoms with E-state index < -0.39 is 11.4 Å². The maximum Gasteiger partial charge on any atom is 0.235 e. The zero-order chi connectivity index (χ0) is 9.84. The molecule has 0 amide bonds. The molecule has 1 unspecified atom stereocenters. The van der Waals surface area contributed by atoms with Gasteiger partial charge in [-0.2, -0.15) is 0 Å². The summed E-state index contributed by atoms with van der Waals surface area (Å²) in [6.45, 7) is 0. The third-order valence-electron chi connectivity index (χ3n) is 1.55. The van der Waals surface area contributed by atoms with Crippen LogP contribution in [0.2, 0.25) is 0 Å². The summed E-state index contributed by atoms with van der Waals surface area (Å²) in [6.07, 6.45) is 0. The lowest BCUT2D eigenvalue weighted by Gasteiger charge is -2.02. The molecule has 0 N–H and O–H groups in total. The van der Waals surface area contributed by atoms with Crippen LogP contribution in [0.4, 0.5) is 4.39 Å². The number of benzene rings is 1. The van der Waals surface area contributed by atoms with Crippen molar-refractivity contribution in [3.05, 3.63) is 29.8 Å². The summed E-state index contributed by atoms with van der Waals surface area (Å²) in [7, 11) is 1.47. The lowest BCUT2D eigenvalue weighted by Crippen LogP contribution is -2.08. The predicted octanol–water partition coefficient (Wildman–Crippen LogP) is 2.41. The maximum atomic E-state index is 12.4. The molecule has 1 rings (SSSR count). The molecule has 0 saturated heterocycles. The van der Waals surface area contributed by atoms with E-state index in [-0.39, 0.29) is 5.56 Å². The number of carbonyl (C=O) groups is 1. The molecule has 1 atom stereocenters. The van der Waals surface area contributed by atoms with Crippen LogP contribution < -0.4 is 4.74 Å². The lowest BCUT2D eigenvalue weighted by molar-refractivity contribution is 0.0934. The molecule has 13 heavy (non-hydrogen) atoms. The monoisotopic (exact) mass is 202 g/mol. The summed E-state index contributed by atoms with van der Waals surface area (Å²) in [5, 5.41) is 0. The van der Waals surface area contributed by atoms with Crippen molar-refractivity contribution in [2.75, 3.05) is 7.11 Å². The number of hydrogen-bond donors (Lipinski definition) is 0. The van der Waals surface area contributed by atoms with Crippen molar-refractivity contribution in [2.24, 2.45) is 0 Å². The third-order valence-corrected chi connectivity index (χ3v) is 1.75. The van der Waals surface area contributed by atoms with Gasteiger partial charge in [-0.3, -0.25) is 4.79 Å². The van der Waals surface area contributed by atoms with Crippen molar-refractivity contribution >= 4 is 17.4 Å². The number of hydrogen-bond acceptors (Lipinski definition) is 2. The average Bonchev–Trinajstić information content (AvgIpc) is 2.16. The van der Waals surface area contributed by atoms with Crippen LogP contribution in [-0.4, -0.2) is 18.5 Å². The van der Waals surface area contributed by atoms with Gasteiger partial charge in [0.2, 0.25) is 11.4 Å². The zero-order valence-corrected chi connectivity index (χ0v) is 7.72. The topological polar surface area (TPSA) is 26.3 Å². The van der Waals surface area contributed by atoms with E-state index in [1.165, 1.54) is 19.2 Å². The standard InChI is InChI=1S/C9H8ClFO2/c1-13-7-4-2-3-6(5-7)8(12)9(10)11/h2-5,9H,1H3. The number of rotatable bonds is 3. The number of ether oxygens (including phenoxy) is 1. The van der Waals surface area contributed by atoms with Crippen LogP contribution in [0.1, 0.15) is 10.4 Å². The first-order valence-corrected chi connectivity index (χ1v) is 4.05. The van der Waals surface area contributed by atoms with E-state index in [1.807, 2.05) is 0 Å². The average molecular weight is 203 g/mol. The van der Waals surface area contributed by atoms with Gasteiger partial charge in [0.05, 0.1) is 7.11 Å². The maximum absolute atomic E-state index is 12.4. The van der Waals surface area contributed by atoms with E-state index in [0.29, 0.717) is 5.75 Å². The van der Waals surface area contributed by atoms with Crippen LogP contribution in [-0.2, 0) is 0 Å². The van der Waals surface area contributed by atoms with Crippen LogP contribution in [0.15, 0.2) is 24.3 Å². The van der Waals surface area contributed by atoms with E-state index in [4.69, 9.17) is 16.3 Å². The lowest BCUT2D eigenvalue weighted by atomic mass is 10.1. The van der Waals surface area contributed by atoms with Gasteiger partial charge in [-0.25, -0.2) is 4.39 Å². The summed E-state index contributed by atoms with van der Waals surface area (Å²) in [4.78, 5) is 11.1. The first kappa shape index (κ1) is 9.99. The third kappa shape index (κ3) is 2.42. The highest BCUT2D eigenvalue weighted by Crippen LogP contribution is 2.16. The first-order valence-electron chi connectivity index (χ1n) is 3.61. The number of halogens is 2. The van der Waals surface area contributed by atoms with Crippen molar-refractivity contribution < 1.29 is 13.9 Å². The number of methoxy groups -OCH3 is 1. The van der Waals surface area contributed by atoms with Crippen molar-refractivity contribution in [2.45, 2.75) is 5.63 Å². The molecule has 0 aliphatic rings. The summed E-state index contributed by atoms with van der Waals surface area (Å²) in [5.74, 6) is -0.247. The number of alkyl halides is 2. The van der Waals surface area contributed by atoms with Gasteiger partial charge in [-0.15, -0.1) is 0 Å². The van der Waals surface area contributed by atoms with Gasteiger partial charge in [0.15, 0.2) is 0 Å². The van der Waals surface area contributed by atoms with Crippen LogP contribution in [0, 0.1) is 0 Å². The largest absolute Gasteiger partial charge is 0.497 e. The predicted molar refractivity (Wildman–Crippen MR) is 48.1 cm³/mol. The van der Waals surface area contributed by atoms with E-state index in [9.17, 15) is 9.18 Å². The Labute approximate surface area is 80.3 Å². The van der Waals surface area contributed by atoms with E-state index >= 15 is 0 Å². The summed E-state index contributed by atoms with van der Waals surface area (Å²) in [5.41, 5.74) is -1.78. The second-order valence-electron chi connectivity index (χ2n) is 2.40. The van der Waals surface area contributed by atoms with E-state index in [1.54, 1.807) is 12.1 Å². The Morgan fingerprint density at radius 3 is 2.85 bits per heavy atom. The quantitative estimate of drug-likeness (QED) is 0.556. The van der Waals surface area contributed by atoms with Crippen molar-refractivity contribution in [3.63, 3.8) is 0 Å². The molecule has 2 nitrogen and oxygen atoms in total. The molecular formula is C9H8ClFO2. The van der Waals surface area contributed by atoms with Gasteiger partial charge in [0, 0.05) is 5.56 Å². The highest BCUT2D eigenvalue weighted by atomic mass is 35.5. The van der Waals surface area contributed by atoms with Crippen LogP contribution in [0.3, 0.4) is 0 Å². The Morgan fingerprint density at radius 1 is 1.62 bits per heavy atom. The molecule has 0 aromatic heterocycles. The minimum Gasteiger partial charge on any atom is -0.497 e. The second-order valence-corrected chi connectivity index (χ2v) is 2.78. The normalized spacial score (nSPS) is 12.2. The van der Waals surface area contributed by atoms with Crippen LogP contribution in [0.5, 0.6) is 5.75 Å². The zero-order valence-electron chi connectivity index (χ0n) is 6.96. The number of carbonyl (C=O) groups excluding carboxylic acids is 1.